The lowest BCUT2D eigenvalue weighted by atomic mass is 10.1. The number of carbonyl (C=O) groups excluding carboxylic acids is 1. The highest BCUT2D eigenvalue weighted by molar-refractivity contribution is 5.91. The molecule has 2 aromatic rings. The van der Waals surface area contributed by atoms with E-state index in [0.29, 0.717) is 11.6 Å². The van der Waals surface area contributed by atoms with Gasteiger partial charge in [-0.3, -0.25) is 4.79 Å². The normalized spacial score (nSPS) is 16.1. The van der Waals surface area contributed by atoms with Crippen LogP contribution in [0.1, 0.15) is 47.9 Å². The van der Waals surface area contributed by atoms with Crippen molar-refractivity contribution in [3.8, 4) is 0 Å². The summed E-state index contributed by atoms with van der Waals surface area (Å²) in [6, 6.07) is 4.06. The summed E-state index contributed by atoms with van der Waals surface area (Å²) in [5.74, 6) is 1.55. The second-order valence-corrected chi connectivity index (χ2v) is 5.46. The Morgan fingerprint density at radius 1 is 1.37 bits per heavy atom. The molecule has 0 amide bonds. The van der Waals surface area contributed by atoms with Crippen molar-refractivity contribution in [1.29, 1.82) is 0 Å². The monoisotopic (exact) mass is 257 g/mol. The Hall–Kier alpha value is -1.84. The van der Waals surface area contributed by atoms with Crippen molar-refractivity contribution in [2.75, 3.05) is 19.0 Å². The van der Waals surface area contributed by atoms with Crippen LogP contribution in [0.4, 0.5) is 5.69 Å². The second kappa shape index (κ2) is 4.68. The van der Waals surface area contributed by atoms with Crippen LogP contribution in [0, 0.1) is 0 Å². The lowest BCUT2D eigenvalue weighted by Gasteiger charge is -2.15. The van der Waals surface area contributed by atoms with E-state index in [-0.39, 0.29) is 0 Å². The molecule has 2 heterocycles. The van der Waals surface area contributed by atoms with Gasteiger partial charge in [0.15, 0.2) is 6.29 Å². The van der Waals surface area contributed by atoms with Gasteiger partial charge in [-0.25, -0.2) is 4.98 Å². The third-order valence-corrected chi connectivity index (χ3v) is 4.01. The second-order valence-electron chi connectivity index (χ2n) is 5.46. The van der Waals surface area contributed by atoms with Crippen LogP contribution in [0.25, 0.3) is 5.52 Å². The number of aromatic nitrogens is 2. The Morgan fingerprint density at radius 2 is 2.11 bits per heavy atom. The number of hydrogen-bond donors (Lipinski definition) is 0. The average molecular weight is 257 g/mol. The number of fused-ring (bicyclic) bond motifs is 1. The third-order valence-electron chi connectivity index (χ3n) is 4.01. The number of carbonyl (C=O) groups is 1. The molecule has 1 saturated carbocycles. The average Bonchev–Trinajstić information content (AvgIpc) is 3.04. The van der Waals surface area contributed by atoms with Crippen molar-refractivity contribution in [3.05, 3.63) is 29.8 Å². The van der Waals surface area contributed by atoms with E-state index < -0.39 is 0 Å². The molecular weight excluding hydrogens is 238 g/mol. The molecular formula is C15H19N3O. The molecule has 0 saturated heterocycles. The molecule has 0 spiro atoms. The smallest absolute Gasteiger partial charge is 0.170 e. The summed E-state index contributed by atoms with van der Waals surface area (Å²) in [4.78, 5) is 18.0. The first-order valence-corrected chi connectivity index (χ1v) is 6.86. The Labute approximate surface area is 113 Å². The van der Waals surface area contributed by atoms with Gasteiger partial charge in [-0.05, 0) is 25.0 Å². The lowest BCUT2D eigenvalue weighted by Crippen LogP contribution is -2.10. The first kappa shape index (κ1) is 12.2. The van der Waals surface area contributed by atoms with E-state index in [4.69, 9.17) is 0 Å². The minimum absolute atomic E-state index is 0.499. The van der Waals surface area contributed by atoms with Crippen LogP contribution in [0.5, 0.6) is 0 Å². The van der Waals surface area contributed by atoms with Crippen LogP contribution in [0.15, 0.2) is 18.3 Å². The molecule has 19 heavy (non-hydrogen) atoms. The summed E-state index contributed by atoms with van der Waals surface area (Å²) < 4.78 is 2.11. The Balaban J connectivity index is 2.25. The quantitative estimate of drug-likeness (QED) is 0.793. The summed E-state index contributed by atoms with van der Waals surface area (Å²) in [5, 5.41) is 0. The first-order valence-electron chi connectivity index (χ1n) is 6.86. The molecule has 1 aliphatic carbocycles. The van der Waals surface area contributed by atoms with Gasteiger partial charge in [0.1, 0.15) is 11.5 Å². The molecule has 0 unspecified atom stereocenters. The van der Waals surface area contributed by atoms with Gasteiger partial charge in [0.25, 0.3) is 0 Å². The van der Waals surface area contributed by atoms with Crippen LogP contribution >= 0.6 is 0 Å². The molecule has 0 bridgehead atoms. The Kier molecular flexibility index (Phi) is 3.01. The van der Waals surface area contributed by atoms with Gasteiger partial charge in [-0.2, -0.15) is 0 Å². The largest absolute Gasteiger partial charge is 0.376 e. The highest BCUT2D eigenvalue weighted by Gasteiger charge is 2.24. The fourth-order valence-corrected chi connectivity index (χ4v) is 3.09. The minimum atomic E-state index is 0.499. The lowest BCUT2D eigenvalue weighted by molar-refractivity contribution is 0.112. The zero-order chi connectivity index (χ0) is 13.4. The molecule has 2 aromatic heterocycles. The predicted molar refractivity (Wildman–Crippen MR) is 76.1 cm³/mol. The SMILES string of the molecule is CN(C)c1cccn2c(C3CCCC3)nc(C=O)c12. The Morgan fingerprint density at radius 3 is 2.74 bits per heavy atom. The number of nitrogens with zero attached hydrogens (tertiary/aromatic N) is 3. The Bertz CT molecular complexity index is 609. The summed E-state index contributed by atoms with van der Waals surface area (Å²) in [6.07, 6.45) is 7.80. The topological polar surface area (TPSA) is 37.6 Å². The van der Waals surface area contributed by atoms with Gasteiger partial charge in [0.05, 0.1) is 11.2 Å². The number of imidazole rings is 1. The summed E-state index contributed by atoms with van der Waals surface area (Å²) in [6.45, 7) is 0. The molecule has 1 fully saturated rings. The van der Waals surface area contributed by atoms with E-state index in [2.05, 4.69) is 9.38 Å². The molecule has 100 valence electrons. The highest BCUT2D eigenvalue weighted by atomic mass is 16.1. The number of aldehydes is 1. The molecule has 4 nitrogen and oxygen atoms in total. The molecule has 0 radical (unpaired) electrons. The van der Waals surface area contributed by atoms with E-state index in [1.807, 2.05) is 37.3 Å². The van der Waals surface area contributed by atoms with E-state index in [1.54, 1.807) is 0 Å². The standard InChI is InChI=1S/C15H19N3O/c1-17(2)13-8-5-9-18-14(13)12(10-19)16-15(18)11-6-3-4-7-11/h5,8-11H,3-4,6-7H2,1-2H3. The zero-order valence-corrected chi connectivity index (χ0v) is 11.5. The maximum absolute atomic E-state index is 11.3. The van der Waals surface area contributed by atoms with E-state index in [0.717, 1.165) is 23.3 Å². The number of hydrogen-bond acceptors (Lipinski definition) is 3. The van der Waals surface area contributed by atoms with Crippen LogP contribution in [0.3, 0.4) is 0 Å². The van der Waals surface area contributed by atoms with Crippen LogP contribution in [0.2, 0.25) is 0 Å². The van der Waals surface area contributed by atoms with Crippen molar-refractivity contribution >= 4 is 17.5 Å². The summed E-state index contributed by atoms with van der Waals surface area (Å²) in [5.41, 5.74) is 2.54. The molecule has 4 heteroatoms. The van der Waals surface area contributed by atoms with E-state index in [1.165, 1.54) is 25.7 Å². The highest BCUT2D eigenvalue weighted by Crippen LogP contribution is 2.35. The molecule has 0 atom stereocenters. The number of rotatable bonds is 3. The maximum atomic E-state index is 11.3. The number of anilines is 1. The van der Waals surface area contributed by atoms with Gasteiger partial charge in [-0.1, -0.05) is 12.8 Å². The van der Waals surface area contributed by atoms with Crippen molar-refractivity contribution in [2.24, 2.45) is 0 Å². The summed E-state index contributed by atoms with van der Waals surface area (Å²) >= 11 is 0. The zero-order valence-electron chi connectivity index (χ0n) is 11.5. The van der Waals surface area contributed by atoms with E-state index in [9.17, 15) is 4.79 Å². The van der Waals surface area contributed by atoms with Gasteiger partial charge in [0.2, 0.25) is 0 Å². The van der Waals surface area contributed by atoms with E-state index >= 15 is 0 Å². The van der Waals surface area contributed by atoms with Crippen molar-refractivity contribution in [2.45, 2.75) is 31.6 Å². The van der Waals surface area contributed by atoms with Crippen molar-refractivity contribution < 1.29 is 4.79 Å². The molecule has 0 aromatic carbocycles. The van der Waals surface area contributed by atoms with Gasteiger partial charge in [0, 0.05) is 26.2 Å². The molecule has 3 rings (SSSR count). The van der Waals surface area contributed by atoms with Crippen LogP contribution in [-0.2, 0) is 0 Å². The van der Waals surface area contributed by atoms with Gasteiger partial charge < -0.3 is 9.30 Å². The predicted octanol–water partition coefficient (Wildman–Crippen LogP) is 2.87. The van der Waals surface area contributed by atoms with Gasteiger partial charge >= 0.3 is 0 Å². The van der Waals surface area contributed by atoms with Gasteiger partial charge in [-0.15, -0.1) is 0 Å². The molecule has 1 aliphatic rings. The summed E-state index contributed by atoms with van der Waals surface area (Å²) in [7, 11) is 3.98. The van der Waals surface area contributed by atoms with Crippen molar-refractivity contribution in [3.63, 3.8) is 0 Å². The molecule has 0 aliphatic heterocycles. The fourth-order valence-electron chi connectivity index (χ4n) is 3.09. The van der Waals surface area contributed by atoms with Crippen LogP contribution in [-0.4, -0.2) is 29.8 Å². The molecule has 0 N–H and O–H groups in total. The van der Waals surface area contributed by atoms with Crippen LogP contribution < -0.4 is 4.90 Å². The minimum Gasteiger partial charge on any atom is -0.376 e. The third kappa shape index (κ3) is 1.91. The fraction of sp³-hybridized carbons (Fsp3) is 0.467. The maximum Gasteiger partial charge on any atom is 0.170 e. The first-order chi connectivity index (χ1) is 9.22. The number of pyridine rings is 1. The van der Waals surface area contributed by atoms with Crippen molar-refractivity contribution in [1.82, 2.24) is 9.38 Å².